The number of hydrogen-bond acceptors (Lipinski definition) is 5. The van der Waals surface area contributed by atoms with Crippen LogP contribution in [-0.2, 0) is 13.0 Å². The molecule has 1 heterocycles. The summed E-state index contributed by atoms with van der Waals surface area (Å²) in [5.41, 5.74) is 1.24. The highest BCUT2D eigenvalue weighted by atomic mass is 35.5. The lowest BCUT2D eigenvalue weighted by atomic mass is 10.2. The minimum atomic E-state index is -0.539. The van der Waals surface area contributed by atoms with E-state index in [4.69, 9.17) is 16.1 Å². The van der Waals surface area contributed by atoms with Crippen molar-refractivity contribution in [2.75, 3.05) is 18.9 Å². The third-order valence-electron chi connectivity index (χ3n) is 4.16. The molecular formula is C20H19ClFN5O3. The predicted octanol–water partition coefficient (Wildman–Crippen LogP) is 3.50. The summed E-state index contributed by atoms with van der Waals surface area (Å²) in [7, 11) is 1.61. The van der Waals surface area contributed by atoms with Crippen LogP contribution in [0.3, 0.4) is 0 Å². The van der Waals surface area contributed by atoms with Gasteiger partial charge in [-0.2, -0.15) is 4.98 Å². The molecule has 156 valence electrons. The fourth-order valence-corrected chi connectivity index (χ4v) is 2.63. The summed E-state index contributed by atoms with van der Waals surface area (Å²) < 4.78 is 17.9. The Labute approximate surface area is 177 Å². The number of nitrogens with zero attached hydrogens (tertiary/aromatic N) is 3. The van der Waals surface area contributed by atoms with Gasteiger partial charge in [-0.05, 0) is 29.8 Å². The van der Waals surface area contributed by atoms with Crippen molar-refractivity contribution in [1.82, 2.24) is 20.4 Å². The van der Waals surface area contributed by atoms with Gasteiger partial charge in [-0.25, -0.2) is 9.18 Å². The van der Waals surface area contributed by atoms with E-state index in [-0.39, 0.29) is 24.3 Å². The molecule has 3 rings (SSSR count). The second-order valence-electron chi connectivity index (χ2n) is 6.41. The number of rotatable bonds is 7. The number of carbonyl (C=O) groups is 2. The lowest BCUT2D eigenvalue weighted by Gasteiger charge is -2.17. The van der Waals surface area contributed by atoms with E-state index >= 15 is 0 Å². The zero-order chi connectivity index (χ0) is 21.5. The van der Waals surface area contributed by atoms with Crippen LogP contribution in [0.4, 0.5) is 14.9 Å². The Hall–Kier alpha value is -3.46. The molecule has 0 atom stereocenters. The van der Waals surface area contributed by atoms with Crippen molar-refractivity contribution in [2.24, 2.45) is 0 Å². The maximum atomic E-state index is 12.9. The molecule has 0 fully saturated rings. The van der Waals surface area contributed by atoms with E-state index in [0.717, 1.165) is 5.56 Å². The number of benzene rings is 2. The molecular weight excluding hydrogens is 413 g/mol. The SMILES string of the molecule is CN(CCc1noc(C(=O)NCc2ccc(F)cc2)n1)C(=O)Nc1ccccc1Cl. The molecule has 2 aromatic carbocycles. The van der Waals surface area contributed by atoms with Crippen molar-refractivity contribution < 1.29 is 18.5 Å². The van der Waals surface area contributed by atoms with Gasteiger partial charge in [0, 0.05) is 26.6 Å². The highest BCUT2D eigenvalue weighted by Crippen LogP contribution is 2.20. The molecule has 0 unspecified atom stereocenters. The number of para-hydroxylation sites is 1. The summed E-state index contributed by atoms with van der Waals surface area (Å²) in [5, 5.41) is 9.52. The van der Waals surface area contributed by atoms with Gasteiger partial charge in [0.2, 0.25) is 0 Å². The molecule has 3 aromatic rings. The van der Waals surface area contributed by atoms with Gasteiger partial charge in [0.05, 0.1) is 10.7 Å². The number of halogens is 2. The van der Waals surface area contributed by atoms with E-state index in [1.165, 1.54) is 17.0 Å². The van der Waals surface area contributed by atoms with E-state index in [0.29, 0.717) is 29.5 Å². The number of aromatic nitrogens is 2. The summed E-state index contributed by atoms with van der Waals surface area (Å²) in [6.07, 6.45) is 0.293. The van der Waals surface area contributed by atoms with Gasteiger partial charge in [0.25, 0.3) is 0 Å². The van der Waals surface area contributed by atoms with E-state index < -0.39 is 5.91 Å². The standard InChI is InChI=1S/C20H19ClFN5O3/c1-27(20(29)24-16-5-3-2-4-15(16)21)11-10-17-25-19(30-26-17)18(28)23-12-13-6-8-14(22)9-7-13/h2-9H,10-12H2,1H3,(H,23,28)(H,24,29). The van der Waals surface area contributed by atoms with Crippen LogP contribution >= 0.6 is 11.6 Å². The van der Waals surface area contributed by atoms with Gasteiger partial charge in [0.1, 0.15) is 5.82 Å². The van der Waals surface area contributed by atoms with Crippen LogP contribution in [0.5, 0.6) is 0 Å². The van der Waals surface area contributed by atoms with Gasteiger partial charge < -0.3 is 20.1 Å². The summed E-state index contributed by atoms with van der Waals surface area (Å²) in [6, 6.07) is 12.3. The van der Waals surface area contributed by atoms with Crippen LogP contribution in [0.1, 0.15) is 22.1 Å². The lowest BCUT2D eigenvalue weighted by molar-refractivity contribution is 0.0907. The molecule has 0 aliphatic rings. The number of hydrogen-bond donors (Lipinski definition) is 2. The molecule has 0 saturated heterocycles. The number of carbonyl (C=O) groups excluding carboxylic acids is 2. The molecule has 30 heavy (non-hydrogen) atoms. The van der Waals surface area contributed by atoms with Gasteiger partial charge in [-0.3, -0.25) is 4.79 Å². The zero-order valence-electron chi connectivity index (χ0n) is 16.1. The lowest BCUT2D eigenvalue weighted by Crippen LogP contribution is -2.33. The number of anilines is 1. The van der Waals surface area contributed by atoms with Crippen molar-refractivity contribution in [3.05, 3.63) is 76.6 Å². The maximum absolute atomic E-state index is 12.9. The molecule has 0 spiro atoms. The predicted molar refractivity (Wildman–Crippen MR) is 109 cm³/mol. The molecule has 0 radical (unpaired) electrons. The quantitative estimate of drug-likeness (QED) is 0.596. The van der Waals surface area contributed by atoms with Crippen molar-refractivity contribution in [2.45, 2.75) is 13.0 Å². The fraction of sp³-hybridized carbons (Fsp3) is 0.200. The molecule has 0 aliphatic carbocycles. The highest BCUT2D eigenvalue weighted by molar-refractivity contribution is 6.33. The van der Waals surface area contributed by atoms with Crippen LogP contribution < -0.4 is 10.6 Å². The number of urea groups is 1. The first-order chi connectivity index (χ1) is 14.4. The first kappa shape index (κ1) is 21.3. The van der Waals surface area contributed by atoms with Crippen molar-refractivity contribution in [1.29, 1.82) is 0 Å². The van der Waals surface area contributed by atoms with Crippen LogP contribution in [0, 0.1) is 5.82 Å². The smallest absolute Gasteiger partial charge is 0.321 e. The summed E-state index contributed by atoms with van der Waals surface area (Å²) in [5.74, 6) is -0.783. The second-order valence-corrected chi connectivity index (χ2v) is 6.81. The summed E-state index contributed by atoms with van der Waals surface area (Å²) >= 11 is 6.03. The molecule has 10 heteroatoms. The van der Waals surface area contributed by atoms with Gasteiger partial charge in [-0.1, -0.05) is 41.0 Å². The van der Waals surface area contributed by atoms with Gasteiger partial charge in [0.15, 0.2) is 5.82 Å². The Morgan fingerprint density at radius 2 is 1.90 bits per heavy atom. The first-order valence-electron chi connectivity index (χ1n) is 9.04. The third-order valence-corrected chi connectivity index (χ3v) is 4.49. The third kappa shape index (κ3) is 5.77. The summed E-state index contributed by atoms with van der Waals surface area (Å²) in [4.78, 5) is 29.8. The average Bonchev–Trinajstić information content (AvgIpc) is 3.22. The number of amides is 3. The molecule has 2 N–H and O–H groups in total. The van der Waals surface area contributed by atoms with E-state index in [2.05, 4.69) is 20.8 Å². The monoisotopic (exact) mass is 431 g/mol. The van der Waals surface area contributed by atoms with Gasteiger partial charge in [-0.15, -0.1) is 0 Å². The van der Waals surface area contributed by atoms with Crippen LogP contribution in [0.15, 0.2) is 53.1 Å². The van der Waals surface area contributed by atoms with Crippen molar-refractivity contribution in [3.8, 4) is 0 Å². The summed E-state index contributed by atoms with van der Waals surface area (Å²) in [6.45, 7) is 0.494. The zero-order valence-corrected chi connectivity index (χ0v) is 16.8. The van der Waals surface area contributed by atoms with Crippen molar-refractivity contribution in [3.63, 3.8) is 0 Å². The molecule has 3 amide bonds. The number of likely N-dealkylation sites (N-methyl/N-ethyl adjacent to an activating group) is 1. The van der Waals surface area contributed by atoms with Crippen LogP contribution in [0.25, 0.3) is 0 Å². The van der Waals surface area contributed by atoms with E-state index in [9.17, 15) is 14.0 Å². The Bertz CT molecular complexity index is 1030. The fourth-order valence-electron chi connectivity index (χ4n) is 2.45. The molecule has 0 saturated carbocycles. The molecule has 0 aliphatic heterocycles. The van der Waals surface area contributed by atoms with Crippen molar-refractivity contribution >= 4 is 29.2 Å². The van der Waals surface area contributed by atoms with Gasteiger partial charge >= 0.3 is 17.8 Å². The molecule has 1 aromatic heterocycles. The maximum Gasteiger partial charge on any atom is 0.321 e. The Balaban J connectivity index is 1.47. The Morgan fingerprint density at radius 3 is 2.63 bits per heavy atom. The first-order valence-corrected chi connectivity index (χ1v) is 9.42. The van der Waals surface area contributed by atoms with E-state index in [1.807, 2.05) is 0 Å². The topological polar surface area (TPSA) is 100 Å². The normalized spacial score (nSPS) is 10.5. The minimum absolute atomic E-state index is 0.185. The minimum Gasteiger partial charge on any atom is -0.344 e. The molecule has 0 bridgehead atoms. The van der Waals surface area contributed by atoms with Crippen LogP contribution in [-0.4, -0.2) is 40.6 Å². The largest absolute Gasteiger partial charge is 0.344 e. The highest BCUT2D eigenvalue weighted by Gasteiger charge is 2.16. The Kier molecular flexibility index (Phi) is 6.97. The van der Waals surface area contributed by atoms with Crippen LogP contribution in [0.2, 0.25) is 5.02 Å². The molecule has 8 nitrogen and oxygen atoms in total. The average molecular weight is 432 g/mol. The second kappa shape index (κ2) is 9.84. The number of nitrogens with one attached hydrogen (secondary N) is 2. The Morgan fingerprint density at radius 1 is 1.17 bits per heavy atom. The van der Waals surface area contributed by atoms with E-state index in [1.54, 1.807) is 43.4 Å².